The molecule has 2 aliphatic rings. The lowest BCUT2D eigenvalue weighted by Crippen LogP contribution is -2.28. The van der Waals surface area contributed by atoms with Crippen LogP contribution in [0.4, 0.5) is 0 Å². The smallest absolute Gasteiger partial charge is 0.306 e. The van der Waals surface area contributed by atoms with Gasteiger partial charge in [0, 0.05) is 0 Å². The molecular weight excluding hydrogens is 152 g/mol. The molecule has 2 bridgehead atoms. The molecule has 66 valence electrons. The molecule has 2 rings (SSSR count). The molecule has 1 saturated carbocycles. The number of aliphatic carboxylic acids is 1. The molecule has 2 heteroatoms. The van der Waals surface area contributed by atoms with E-state index in [9.17, 15) is 4.79 Å². The first-order chi connectivity index (χ1) is 5.75. The van der Waals surface area contributed by atoms with Gasteiger partial charge in [0.25, 0.3) is 0 Å². The van der Waals surface area contributed by atoms with Crippen molar-refractivity contribution in [1.29, 1.82) is 0 Å². The highest BCUT2D eigenvalue weighted by Gasteiger charge is 2.32. The second-order valence-corrected chi connectivity index (χ2v) is 4.03. The van der Waals surface area contributed by atoms with E-state index in [2.05, 4.69) is 12.2 Å². The maximum atomic E-state index is 10.8. The summed E-state index contributed by atoms with van der Waals surface area (Å²) in [5, 5.41) is 8.87. The predicted octanol–water partition coefficient (Wildman–Crippen LogP) is 2.06. The topological polar surface area (TPSA) is 37.3 Å². The van der Waals surface area contributed by atoms with Crippen LogP contribution in [0, 0.1) is 17.8 Å². The summed E-state index contributed by atoms with van der Waals surface area (Å²) >= 11 is 0. The third kappa shape index (κ3) is 1.38. The van der Waals surface area contributed by atoms with Gasteiger partial charge in [-0.05, 0) is 37.5 Å². The van der Waals surface area contributed by atoms with E-state index < -0.39 is 5.97 Å². The van der Waals surface area contributed by atoms with Gasteiger partial charge in [-0.25, -0.2) is 0 Å². The summed E-state index contributed by atoms with van der Waals surface area (Å²) in [5.41, 5.74) is 0. The van der Waals surface area contributed by atoms with Crippen LogP contribution in [0.3, 0.4) is 0 Å². The average Bonchev–Trinajstić information content (AvgIpc) is 2.03. The summed E-state index contributed by atoms with van der Waals surface area (Å²) in [6, 6.07) is 0. The molecule has 0 saturated heterocycles. The highest BCUT2D eigenvalue weighted by atomic mass is 16.4. The first kappa shape index (κ1) is 7.84. The average molecular weight is 166 g/mol. The van der Waals surface area contributed by atoms with E-state index in [4.69, 9.17) is 5.11 Å². The molecule has 0 radical (unpaired) electrons. The molecule has 1 fully saturated rings. The van der Waals surface area contributed by atoms with Crippen molar-refractivity contribution in [3.63, 3.8) is 0 Å². The van der Waals surface area contributed by atoms with Crippen LogP contribution in [-0.4, -0.2) is 11.1 Å². The van der Waals surface area contributed by atoms with E-state index >= 15 is 0 Å². The zero-order chi connectivity index (χ0) is 8.55. The quantitative estimate of drug-likeness (QED) is 0.605. The standard InChI is InChI=1S/C10H14O2/c11-10(12)9-5-7-2-1-3-8(4-7)6-9/h1-2,7-9H,3-6H2,(H,11,12)/t7-,8+,9+/m1/s1. The van der Waals surface area contributed by atoms with Crippen LogP contribution >= 0.6 is 0 Å². The number of carboxylic acids is 1. The van der Waals surface area contributed by atoms with Gasteiger partial charge in [0.2, 0.25) is 0 Å². The number of rotatable bonds is 1. The Morgan fingerprint density at radius 2 is 2.17 bits per heavy atom. The van der Waals surface area contributed by atoms with Crippen molar-refractivity contribution in [1.82, 2.24) is 0 Å². The highest BCUT2D eigenvalue weighted by Crippen LogP contribution is 2.39. The Morgan fingerprint density at radius 1 is 1.33 bits per heavy atom. The second kappa shape index (κ2) is 2.92. The van der Waals surface area contributed by atoms with Gasteiger partial charge < -0.3 is 5.11 Å². The van der Waals surface area contributed by atoms with Crippen molar-refractivity contribution < 1.29 is 9.90 Å². The van der Waals surface area contributed by atoms with Gasteiger partial charge in [0.15, 0.2) is 0 Å². The van der Waals surface area contributed by atoms with Crippen LogP contribution < -0.4 is 0 Å². The van der Waals surface area contributed by atoms with E-state index in [1.54, 1.807) is 0 Å². The van der Waals surface area contributed by atoms with Crippen LogP contribution in [0.1, 0.15) is 25.7 Å². The Bertz CT molecular complexity index is 220. The fourth-order valence-electron chi connectivity index (χ4n) is 2.50. The van der Waals surface area contributed by atoms with E-state index in [1.165, 1.54) is 6.42 Å². The van der Waals surface area contributed by atoms with Gasteiger partial charge in [0.1, 0.15) is 0 Å². The Hall–Kier alpha value is -0.790. The van der Waals surface area contributed by atoms with Gasteiger partial charge >= 0.3 is 5.97 Å². The number of hydrogen-bond donors (Lipinski definition) is 1. The summed E-state index contributed by atoms with van der Waals surface area (Å²) in [7, 11) is 0. The lowest BCUT2D eigenvalue weighted by Gasteiger charge is -2.33. The number of carboxylic acid groups (broad SMARTS) is 1. The molecule has 2 nitrogen and oxygen atoms in total. The fourth-order valence-corrected chi connectivity index (χ4v) is 2.50. The minimum absolute atomic E-state index is 0.0706. The van der Waals surface area contributed by atoms with Crippen LogP contribution in [-0.2, 0) is 4.79 Å². The van der Waals surface area contributed by atoms with Crippen LogP contribution in [0.5, 0.6) is 0 Å². The lowest BCUT2D eigenvalue weighted by atomic mass is 9.71. The summed E-state index contributed by atoms with van der Waals surface area (Å²) < 4.78 is 0. The van der Waals surface area contributed by atoms with Crippen molar-refractivity contribution >= 4 is 5.97 Å². The maximum Gasteiger partial charge on any atom is 0.306 e. The largest absolute Gasteiger partial charge is 0.481 e. The molecule has 0 spiro atoms. The Balaban J connectivity index is 2.07. The fraction of sp³-hybridized carbons (Fsp3) is 0.700. The third-order valence-corrected chi connectivity index (χ3v) is 3.07. The summed E-state index contributed by atoms with van der Waals surface area (Å²) in [5.74, 6) is 0.534. The van der Waals surface area contributed by atoms with Crippen LogP contribution in [0.2, 0.25) is 0 Å². The first-order valence-corrected chi connectivity index (χ1v) is 4.65. The van der Waals surface area contributed by atoms with Gasteiger partial charge in [-0.15, -0.1) is 0 Å². The molecule has 0 aromatic rings. The molecule has 12 heavy (non-hydrogen) atoms. The van der Waals surface area contributed by atoms with Gasteiger partial charge in [0.05, 0.1) is 5.92 Å². The first-order valence-electron chi connectivity index (χ1n) is 4.65. The Labute approximate surface area is 72.3 Å². The van der Waals surface area contributed by atoms with Crippen molar-refractivity contribution in [2.24, 2.45) is 17.8 Å². The molecule has 1 N–H and O–H groups in total. The maximum absolute atomic E-state index is 10.8. The molecule has 0 aromatic heterocycles. The van der Waals surface area contributed by atoms with Gasteiger partial charge in [-0.3, -0.25) is 4.79 Å². The molecule has 0 amide bonds. The molecular formula is C10H14O2. The van der Waals surface area contributed by atoms with Crippen LogP contribution in [0.15, 0.2) is 12.2 Å². The molecule has 0 aromatic carbocycles. The van der Waals surface area contributed by atoms with E-state index in [0.29, 0.717) is 11.8 Å². The number of allylic oxidation sites excluding steroid dienone is 2. The van der Waals surface area contributed by atoms with Gasteiger partial charge in [-0.2, -0.15) is 0 Å². The molecule has 3 atom stereocenters. The molecule has 0 aliphatic heterocycles. The molecule has 0 unspecified atom stereocenters. The summed E-state index contributed by atoms with van der Waals surface area (Å²) in [6.45, 7) is 0. The van der Waals surface area contributed by atoms with E-state index in [1.807, 2.05) is 0 Å². The predicted molar refractivity (Wildman–Crippen MR) is 45.7 cm³/mol. The second-order valence-electron chi connectivity index (χ2n) is 4.03. The lowest BCUT2D eigenvalue weighted by molar-refractivity contribution is -0.143. The third-order valence-electron chi connectivity index (χ3n) is 3.07. The normalized spacial score (nSPS) is 39.5. The molecule has 0 heterocycles. The van der Waals surface area contributed by atoms with Crippen molar-refractivity contribution in [2.45, 2.75) is 25.7 Å². The summed E-state index contributed by atoms with van der Waals surface area (Å²) in [4.78, 5) is 10.8. The zero-order valence-electron chi connectivity index (χ0n) is 7.07. The van der Waals surface area contributed by atoms with Crippen LogP contribution in [0.25, 0.3) is 0 Å². The monoisotopic (exact) mass is 166 g/mol. The van der Waals surface area contributed by atoms with Crippen molar-refractivity contribution in [3.8, 4) is 0 Å². The zero-order valence-corrected chi connectivity index (χ0v) is 7.07. The minimum atomic E-state index is -0.597. The number of carbonyl (C=O) groups is 1. The number of hydrogen-bond acceptors (Lipinski definition) is 1. The Morgan fingerprint density at radius 3 is 2.83 bits per heavy atom. The van der Waals surface area contributed by atoms with Crippen molar-refractivity contribution in [2.75, 3.05) is 0 Å². The van der Waals surface area contributed by atoms with E-state index in [-0.39, 0.29) is 5.92 Å². The van der Waals surface area contributed by atoms with E-state index in [0.717, 1.165) is 19.3 Å². The number of fused-ring (bicyclic) bond motifs is 2. The SMILES string of the molecule is O=C(O)[C@H]1C[C@@H]2C=CC[C@@H](C2)C1. The Kier molecular flexibility index (Phi) is 1.91. The van der Waals surface area contributed by atoms with Gasteiger partial charge in [-0.1, -0.05) is 12.2 Å². The van der Waals surface area contributed by atoms with Crippen molar-refractivity contribution in [3.05, 3.63) is 12.2 Å². The summed E-state index contributed by atoms with van der Waals surface area (Å²) in [6.07, 6.45) is 8.50. The molecule has 2 aliphatic carbocycles. The minimum Gasteiger partial charge on any atom is -0.481 e. The highest BCUT2D eigenvalue weighted by molar-refractivity contribution is 5.70.